The zero-order chi connectivity index (χ0) is 11.4. The van der Waals surface area contributed by atoms with Crippen LogP contribution in [0.25, 0.3) is 0 Å². The van der Waals surface area contributed by atoms with E-state index in [0.29, 0.717) is 6.04 Å². The van der Waals surface area contributed by atoms with Crippen molar-refractivity contribution in [1.82, 2.24) is 15.1 Å². The van der Waals surface area contributed by atoms with Gasteiger partial charge >= 0.3 is 0 Å². The molecule has 1 unspecified atom stereocenters. The Bertz CT molecular complexity index is 313. The molecule has 16 heavy (non-hydrogen) atoms. The van der Waals surface area contributed by atoms with Crippen molar-refractivity contribution in [2.75, 3.05) is 0 Å². The number of hydrogen-bond acceptors (Lipinski definition) is 2. The lowest BCUT2D eigenvalue weighted by Gasteiger charge is -2.17. The molecule has 1 heterocycles. The van der Waals surface area contributed by atoms with E-state index in [-0.39, 0.29) is 0 Å². The SMILES string of the molecule is CC(CC1CCCC1)NCc1cnn(C)c1. The topological polar surface area (TPSA) is 29.9 Å². The second kappa shape index (κ2) is 5.48. The number of nitrogens with zero attached hydrogens (tertiary/aromatic N) is 2. The second-order valence-corrected chi connectivity index (χ2v) is 5.19. The minimum absolute atomic E-state index is 0.628. The Morgan fingerprint density at radius 1 is 1.50 bits per heavy atom. The van der Waals surface area contributed by atoms with Gasteiger partial charge in [0.25, 0.3) is 0 Å². The molecule has 0 radical (unpaired) electrons. The summed E-state index contributed by atoms with van der Waals surface area (Å²) in [5, 5.41) is 7.76. The first kappa shape index (κ1) is 11.6. The predicted octanol–water partition coefficient (Wildman–Crippen LogP) is 2.48. The number of aryl methyl sites for hydroxylation is 1. The van der Waals surface area contributed by atoms with Crippen LogP contribution in [0.5, 0.6) is 0 Å². The Hall–Kier alpha value is -0.830. The summed E-state index contributed by atoms with van der Waals surface area (Å²) in [6, 6.07) is 0.628. The van der Waals surface area contributed by atoms with Crippen molar-refractivity contribution in [2.45, 2.75) is 51.6 Å². The van der Waals surface area contributed by atoms with E-state index in [1.807, 2.05) is 17.9 Å². The molecular formula is C13H23N3. The van der Waals surface area contributed by atoms with E-state index < -0.39 is 0 Å². The third-order valence-electron chi connectivity index (χ3n) is 3.57. The summed E-state index contributed by atoms with van der Waals surface area (Å²) in [4.78, 5) is 0. The quantitative estimate of drug-likeness (QED) is 0.828. The van der Waals surface area contributed by atoms with Crippen LogP contribution in [0.2, 0.25) is 0 Å². The fourth-order valence-corrected chi connectivity index (χ4v) is 2.68. The lowest BCUT2D eigenvalue weighted by Crippen LogP contribution is -2.27. The molecule has 0 bridgehead atoms. The summed E-state index contributed by atoms with van der Waals surface area (Å²) in [6.07, 6.45) is 11.1. The Labute approximate surface area is 98.2 Å². The molecule has 1 aromatic heterocycles. The van der Waals surface area contributed by atoms with Crippen LogP contribution in [0.3, 0.4) is 0 Å². The molecule has 90 valence electrons. The molecule has 1 fully saturated rings. The highest BCUT2D eigenvalue weighted by molar-refractivity contribution is 5.03. The van der Waals surface area contributed by atoms with Crippen molar-refractivity contribution >= 4 is 0 Å². The van der Waals surface area contributed by atoms with Gasteiger partial charge in [-0.25, -0.2) is 0 Å². The van der Waals surface area contributed by atoms with Crippen LogP contribution < -0.4 is 5.32 Å². The monoisotopic (exact) mass is 221 g/mol. The maximum absolute atomic E-state index is 4.17. The van der Waals surface area contributed by atoms with Gasteiger partial charge in [-0.05, 0) is 19.3 Å². The molecule has 0 saturated heterocycles. The van der Waals surface area contributed by atoms with Gasteiger partial charge in [0.15, 0.2) is 0 Å². The van der Waals surface area contributed by atoms with E-state index >= 15 is 0 Å². The van der Waals surface area contributed by atoms with Gasteiger partial charge < -0.3 is 5.32 Å². The number of aromatic nitrogens is 2. The van der Waals surface area contributed by atoms with E-state index in [2.05, 4.69) is 23.5 Å². The highest BCUT2D eigenvalue weighted by atomic mass is 15.2. The van der Waals surface area contributed by atoms with Gasteiger partial charge in [0, 0.05) is 31.4 Å². The molecule has 1 saturated carbocycles. The molecule has 2 rings (SSSR count). The Morgan fingerprint density at radius 3 is 2.88 bits per heavy atom. The smallest absolute Gasteiger partial charge is 0.0534 e. The fraction of sp³-hybridized carbons (Fsp3) is 0.769. The van der Waals surface area contributed by atoms with Gasteiger partial charge in [-0.2, -0.15) is 5.10 Å². The third-order valence-corrected chi connectivity index (χ3v) is 3.57. The average Bonchev–Trinajstić information content (AvgIpc) is 2.87. The summed E-state index contributed by atoms with van der Waals surface area (Å²) in [5.41, 5.74) is 1.28. The highest BCUT2D eigenvalue weighted by Gasteiger charge is 2.17. The van der Waals surface area contributed by atoms with Crippen LogP contribution in [-0.2, 0) is 13.6 Å². The molecule has 0 aliphatic heterocycles. The molecule has 0 aromatic carbocycles. The van der Waals surface area contributed by atoms with Crippen molar-refractivity contribution in [2.24, 2.45) is 13.0 Å². The maximum Gasteiger partial charge on any atom is 0.0534 e. The summed E-state index contributed by atoms with van der Waals surface area (Å²) >= 11 is 0. The fourth-order valence-electron chi connectivity index (χ4n) is 2.68. The molecule has 1 aliphatic rings. The first-order valence-corrected chi connectivity index (χ1v) is 6.45. The van der Waals surface area contributed by atoms with Gasteiger partial charge in [-0.1, -0.05) is 25.7 Å². The summed E-state index contributed by atoms with van der Waals surface area (Å²) in [5.74, 6) is 0.969. The lowest BCUT2D eigenvalue weighted by molar-refractivity contribution is 0.404. The molecule has 1 N–H and O–H groups in total. The zero-order valence-corrected chi connectivity index (χ0v) is 10.4. The van der Waals surface area contributed by atoms with Gasteiger partial charge in [0.05, 0.1) is 6.20 Å². The van der Waals surface area contributed by atoms with Crippen LogP contribution in [0.1, 0.15) is 44.6 Å². The molecule has 3 nitrogen and oxygen atoms in total. The Kier molecular flexibility index (Phi) is 3.99. The van der Waals surface area contributed by atoms with E-state index in [4.69, 9.17) is 0 Å². The Balaban J connectivity index is 1.68. The lowest BCUT2D eigenvalue weighted by atomic mass is 9.99. The first-order chi connectivity index (χ1) is 7.74. The number of hydrogen-bond donors (Lipinski definition) is 1. The Morgan fingerprint density at radius 2 is 2.25 bits per heavy atom. The van der Waals surface area contributed by atoms with Gasteiger partial charge in [0.2, 0.25) is 0 Å². The van der Waals surface area contributed by atoms with Gasteiger partial charge in [-0.15, -0.1) is 0 Å². The van der Waals surface area contributed by atoms with Crippen molar-refractivity contribution in [3.05, 3.63) is 18.0 Å². The molecular weight excluding hydrogens is 198 g/mol. The molecule has 1 atom stereocenters. The summed E-state index contributed by atoms with van der Waals surface area (Å²) in [7, 11) is 1.96. The minimum Gasteiger partial charge on any atom is -0.310 e. The summed E-state index contributed by atoms with van der Waals surface area (Å²) in [6.45, 7) is 3.25. The normalized spacial score (nSPS) is 19.1. The molecule has 3 heteroatoms. The third kappa shape index (κ3) is 3.34. The first-order valence-electron chi connectivity index (χ1n) is 6.45. The zero-order valence-electron chi connectivity index (χ0n) is 10.4. The van der Waals surface area contributed by atoms with E-state index in [0.717, 1.165) is 12.5 Å². The van der Waals surface area contributed by atoms with Crippen LogP contribution >= 0.6 is 0 Å². The van der Waals surface area contributed by atoms with Crippen molar-refractivity contribution in [3.8, 4) is 0 Å². The van der Waals surface area contributed by atoms with Crippen LogP contribution in [0, 0.1) is 5.92 Å². The van der Waals surface area contributed by atoms with E-state index in [1.54, 1.807) is 0 Å². The van der Waals surface area contributed by atoms with Crippen LogP contribution in [-0.4, -0.2) is 15.8 Å². The number of rotatable bonds is 5. The molecule has 1 aromatic rings. The van der Waals surface area contributed by atoms with E-state index in [1.165, 1.54) is 37.7 Å². The largest absolute Gasteiger partial charge is 0.310 e. The van der Waals surface area contributed by atoms with Gasteiger partial charge in [0.1, 0.15) is 0 Å². The van der Waals surface area contributed by atoms with Crippen molar-refractivity contribution in [1.29, 1.82) is 0 Å². The average molecular weight is 221 g/mol. The molecule has 0 spiro atoms. The number of nitrogens with one attached hydrogen (secondary N) is 1. The van der Waals surface area contributed by atoms with Gasteiger partial charge in [-0.3, -0.25) is 4.68 Å². The molecule has 0 amide bonds. The second-order valence-electron chi connectivity index (χ2n) is 5.19. The standard InChI is InChI=1S/C13H23N3/c1-11(7-12-5-3-4-6-12)14-8-13-9-15-16(2)10-13/h9-12,14H,3-8H2,1-2H3. The van der Waals surface area contributed by atoms with Crippen molar-refractivity contribution in [3.63, 3.8) is 0 Å². The maximum atomic E-state index is 4.17. The minimum atomic E-state index is 0.628. The van der Waals surface area contributed by atoms with Crippen LogP contribution in [0.15, 0.2) is 12.4 Å². The summed E-state index contributed by atoms with van der Waals surface area (Å²) < 4.78 is 1.86. The van der Waals surface area contributed by atoms with Crippen LogP contribution in [0.4, 0.5) is 0 Å². The molecule has 1 aliphatic carbocycles. The van der Waals surface area contributed by atoms with E-state index in [9.17, 15) is 0 Å². The van der Waals surface area contributed by atoms with Crippen molar-refractivity contribution < 1.29 is 0 Å². The predicted molar refractivity (Wildman–Crippen MR) is 66.1 cm³/mol. The highest BCUT2D eigenvalue weighted by Crippen LogP contribution is 2.28.